The van der Waals surface area contributed by atoms with Gasteiger partial charge in [0.15, 0.2) is 0 Å². The minimum atomic E-state index is -0.0391. The maximum Gasteiger partial charge on any atom is 0.124 e. The van der Waals surface area contributed by atoms with Gasteiger partial charge in [-0.3, -0.25) is 0 Å². The summed E-state index contributed by atoms with van der Waals surface area (Å²) in [5.41, 5.74) is 2.88. The van der Waals surface area contributed by atoms with Crippen molar-refractivity contribution in [2.75, 3.05) is 11.9 Å². The van der Waals surface area contributed by atoms with Crippen molar-refractivity contribution < 1.29 is 14.6 Å². The van der Waals surface area contributed by atoms with Crippen molar-refractivity contribution in [1.29, 1.82) is 0 Å². The molecule has 0 heterocycles. The summed E-state index contributed by atoms with van der Waals surface area (Å²) >= 11 is 0. The molecule has 0 aliphatic heterocycles. The van der Waals surface area contributed by atoms with Gasteiger partial charge >= 0.3 is 0 Å². The summed E-state index contributed by atoms with van der Waals surface area (Å²) in [5.74, 6) is 1.61. The summed E-state index contributed by atoms with van der Waals surface area (Å²) in [7, 11) is 0. The van der Waals surface area contributed by atoms with E-state index in [4.69, 9.17) is 9.47 Å². The second-order valence-electron chi connectivity index (χ2n) is 5.58. The average Bonchev–Trinajstić information content (AvgIpc) is 2.54. The van der Waals surface area contributed by atoms with Crippen LogP contribution in [0.1, 0.15) is 31.9 Å². The van der Waals surface area contributed by atoms with Crippen LogP contribution in [0, 0.1) is 0 Å². The Hall–Kier alpha value is -2.20. The van der Waals surface area contributed by atoms with Crippen molar-refractivity contribution in [2.45, 2.75) is 40.0 Å². The van der Waals surface area contributed by atoms with Gasteiger partial charge in [0.25, 0.3) is 0 Å². The average molecular weight is 315 g/mol. The van der Waals surface area contributed by atoms with E-state index in [9.17, 15) is 5.11 Å². The van der Waals surface area contributed by atoms with Gasteiger partial charge < -0.3 is 19.9 Å². The molecular formula is C19H25NO3. The van der Waals surface area contributed by atoms with Crippen LogP contribution in [-0.4, -0.2) is 17.8 Å². The summed E-state index contributed by atoms with van der Waals surface area (Å²) in [6, 6.07) is 13.8. The number of aliphatic hydroxyl groups is 1. The highest BCUT2D eigenvalue weighted by atomic mass is 16.5. The Balaban J connectivity index is 2.03. The van der Waals surface area contributed by atoms with E-state index in [0.717, 1.165) is 28.3 Å². The van der Waals surface area contributed by atoms with E-state index in [0.29, 0.717) is 13.2 Å². The number of rotatable bonds is 8. The lowest BCUT2D eigenvalue weighted by Crippen LogP contribution is -2.06. The van der Waals surface area contributed by atoms with Crippen molar-refractivity contribution in [3.8, 4) is 11.5 Å². The second-order valence-corrected chi connectivity index (χ2v) is 5.58. The third-order valence-corrected chi connectivity index (χ3v) is 3.30. The van der Waals surface area contributed by atoms with Gasteiger partial charge in [0.1, 0.15) is 11.5 Å². The summed E-state index contributed by atoms with van der Waals surface area (Å²) in [5, 5.41) is 12.8. The lowest BCUT2D eigenvalue weighted by atomic mass is 10.1. The van der Waals surface area contributed by atoms with Gasteiger partial charge in [-0.2, -0.15) is 0 Å². The molecular weight excluding hydrogens is 290 g/mol. The smallest absolute Gasteiger partial charge is 0.124 e. The van der Waals surface area contributed by atoms with E-state index in [1.54, 1.807) is 0 Å². The topological polar surface area (TPSA) is 50.7 Å². The largest absolute Gasteiger partial charge is 0.494 e. The molecule has 0 saturated carbocycles. The molecule has 23 heavy (non-hydrogen) atoms. The van der Waals surface area contributed by atoms with Crippen LogP contribution in [0.2, 0.25) is 0 Å². The molecule has 0 amide bonds. The molecule has 0 unspecified atom stereocenters. The minimum absolute atomic E-state index is 0.0391. The van der Waals surface area contributed by atoms with Gasteiger partial charge in [-0.05, 0) is 56.7 Å². The number of hydrogen-bond acceptors (Lipinski definition) is 4. The Morgan fingerprint density at radius 1 is 1.13 bits per heavy atom. The van der Waals surface area contributed by atoms with Gasteiger partial charge in [0.05, 0.1) is 19.3 Å². The van der Waals surface area contributed by atoms with Crippen molar-refractivity contribution in [3.63, 3.8) is 0 Å². The lowest BCUT2D eigenvalue weighted by molar-refractivity contribution is 0.242. The molecule has 0 bridgehead atoms. The molecule has 0 saturated heterocycles. The molecule has 0 atom stereocenters. The van der Waals surface area contributed by atoms with E-state index in [1.165, 1.54) is 0 Å². The minimum Gasteiger partial charge on any atom is -0.494 e. The second kappa shape index (κ2) is 8.44. The quantitative estimate of drug-likeness (QED) is 0.774. The summed E-state index contributed by atoms with van der Waals surface area (Å²) in [6.45, 7) is 7.20. The zero-order valence-electron chi connectivity index (χ0n) is 14.0. The van der Waals surface area contributed by atoms with Gasteiger partial charge in [-0.1, -0.05) is 12.1 Å². The highest BCUT2D eigenvalue weighted by Gasteiger charge is 2.05. The molecule has 2 aromatic carbocycles. The molecule has 0 fully saturated rings. The molecule has 124 valence electrons. The van der Waals surface area contributed by atoms with Crippen LogP contribution in [0.4, 0.5) is 5.69 Å². The zero-order chi connectivity index (χ0) is 16.7. The third-order valence-electron chi connectivity index (χ3n) is 3.30. The van der Waals surface area contributed by atoms with Crippen LogP contribution < -0.4 is 14.8 Å². The Morgan fingerprint density at radius 3 is 2.65 bits per heavy atom. The molecule has 0 aliphatic rings. The van der Waals surface area contributed by atoms with Crippen LogP contribution in [-0.2, 0) is 13.2 Å². The SMILES string of the molecule is CCOc1ccc(NCc2cccc(OC(C)C)c2)cc1CO. The van der Waals surface area contributed by atoms with Crippen molar-refractivity contribution in [2.24, 2.45) is 0 Å². The van der Waals surface area contributed by atoms with Crippen LogP contribution in [0.25, 0.3) is 0 Å². The number of aliphatic hydroxyl groups excluding tert-OH is 1. The fraction of sp³-hybridized carbons (Fsp3) is 0.368. The highest BCUT2D eigenvalue weighted by Crippen LogP contribution is 2.24. The molecule has 2 rings (SSSR count). The van der Waals surface area contributed by atoms with Crippen LogP contribution >= 0.6 is 0 Å². The predicted octanol–water partition coefficient (Wildman–Crippen LogP) is 3.98. The Bertz CT molecular complexity index is 626. The third kappa shape index (κ3) is 5.18. The Kier molecular flexibility index (Phi) is 6.29. The van der Waals surface area contributed by atoms with E-state index in [1.807, 2.05) is 57.2 Å². The molecule has 0 spiro atoms. The number of benzene rings is 2. The fourth-order valence-corrected chi connectivity index (χ4v) is 2.31. The number of ether oxygens (including phenoxy) is 2. The van der Waals surface area contributed by atoms with E-state index in [-0.39, 0.29) is 12.7 Å². The number of hydrogen-bond donors (Lipinski definition) is 2. The standard InChI is InChI=1S/C19H25NO3/c1-4-22-19-9-8-17(11-16(19)13-21)20-12-15-6-5-7-18(10-15)23-14(2)3/h5-11,14,20-21H,4,12-13H2,1-3H3. The zero-order valence-corrected chi connectivity index (χ0v) is 14.0. The first-order chi connectivity index (χ1) is 11.1. The Morgan fingerprint density at radius 2 is 1.96 bits per heavy atom. The normalized spacial score (nSPS) is 10.7. The van der Waals surface area contributed by atoms with Crippen molar-refractivity contribution >= 4 is 5.69 Å². The van der Waals surface area contributed by atoms with Gasteiger partial charge in [-0.25, -0.2) is 0 Å². The summed E-state index contributed by atoms with van der Waals surface area (Å²) < 4.78 is 11.2. The van der Waals surface area contributed by atoms with E-state index < -0.39 is 0 Å². The van der Waals surface area contributed by atoms with Crippen LogP contribution in [0.5, 0.6) is 11.5 Å². The molecule has 0 aromatic heterocycles. The number of nitrogens with one attached hydrogen (secondary N) is 1. The maximum absolute atomic E-state index is 9.45. The summed E-state index contributed by atoms with van der Waals surface area (Å²) in [6.07, 6.45) is 0.163. The fourth-order valence-electron chi connectivity index (χ4n) is 2.31. The van der Waals surface area contributed by atoms with E-state index >= 15 is 0 Å². The highest BCUT2D eigenvalue weighted by molar-refractivity contribution is 5.51. The Labute approximate surface area is 138 Å². The molecule has 0 aliphatic carbocycles. The lowest BCUT2D eigenvalue weighted by Gasteiger charge is -2.13. The van der Waals surface area contributed by atoms with Crippen LogP contribution in [0.15, 0.2) is 42.5 Å². The van der Waals surface area contributed by atoms with E-state index in [2.05, 4.69) is 11.4 Å². The molecule has 4 nitrogen and oxygen atoms in total. The van der Waals surface area contributed by atoms with Gasteiger partial charge in [-0.15, -0.1) is 0 Å². The first-order valence-electron chi connectivity index (χ1n) is 7.98. The first kappa shape index (κ1) is 17.2. The number of anilines is 1. The summed E-state index contributed by atoms with van der Waals surface area (Å²) in [4.78, 5) is 0. The predicted molar refractivity (Wildman–Crippen MR) is 93.1 cm³/mol. The molecule has 4 heteroatoms. The van der Waals surface area contributed by atoms with Crippen LogP contribution in [0.3, 0.4) is 0 Å². The van der Waals surface area contributed by atoms with Gasteiger partial charge in [0.2, 0.25) is 0 Å². The van der Waals surface area contributed by atoms with Gasteiger partial charge in [0, 0.05) is 17.8 Å². The molecule has 2 aromatic rings. The first-order valence-corrected chi connectivity index (χ1v) is 7.98. The monoisotopic (exact) mass is 315 g/mol. The van der Waals surface area contributed by atoms with Crippen molar-refractivity contribution in [1.82, 2.24) is 0 Å². The maximum atomic E-state index is 9.45. The molecule has 2 N–H and O–H groups in total. The molecule has 0 radical (unpaired) electrons. The van der Waals surface area contributed by atoms with Crippen molar-refractivity contribution in [3.05, 3.63) is 53.6 Å².